The van der Waals surface area contributed by atoms with Crippen molar-refractivity contribution >= 4 is 22.6 Å². The van der Waals surface area contributed by atoms with Crippen LogP contribution in [-0.2, 0) is 4.79 Å². The molecule has 1 amide bonds. The predicted molar refractivity (Wildman–Crippen MR) is 137 cm³/mol. The molecule has 0 unspecified atom stereocenters. The Balaban J connectivity index is 1.56. The highest BCUT2D eigenvalue weighted by Crippen LogP contribution is 2.28. The fourth-order valence-electron chi connectivity index (χ4n) is 3.95. The fraction of sp³-hybridized carbons (Fsp3) is 0.0357. The first-order chi connectivity index (χ1) is 17.5. The zero-order valence-corrected chi connectivity index (χ0v) is 19.3. The van der Waals surface area contributed by atoms with Crippen LogP contribution in [0.1, 0.15) is 5.56 Å². The Morgan fingerprint density at radius 1 is 1.00 bits per heavy atom. The lowest BCUT2D eigenvalue weighted by molar-refractivity contribution is -0.111. The number of pyridine rings is 1. The molecule has 0 aliphatic carbocycles. The fourth-order valence-corrected chi connectivity index (χ4v) is 3.95. The van der Waals surface area contributed by atoms with Gasteiger partial charge >= 0.3 is 5.69 Å². The number of hydrogen-bond donors (Lipinski definition) is 1. The molecular formula is C28H21FN4O3. The summed E-state index contributed by atoms with van der Waals surface area (Å²) in [5, 5.41) is 2.71. The summed E-state index contributed by atoms with van der Waals surface area (Å²) in [5.74, 6) is 0.239. The third-order valence-electron chi connectivity index (χ3n) is 5.74. The number of nitrogens with zero attached hydrogens (tertiary/aromatic N) is 3. The largest absolute Gasteiger partial charge is 0.457 e. The van der Waals surface area contributed by atoms with Gasteiger partial charge in [0.25, 0.3) is 0 Å². The summed E-state index contributed by atoms with van der Waals surface area (Å²) in [7, 11) is 0. The Morgan fingerprint density at radius 2 is 1.75 bits per heavy atom. The summed E-state index contributed by atoms with van der Waals surface area (Å²) in [6.07, 6.45) is 4.42. The van der Waals surface area contributed by atoms with Crippen LogP contribution in [0, 0.1) is 12.7 Å². The van der Waals surface area contributed by atoms with Crippen molar-refractivity contribution in [3.05, 3.63) is 120 Å². The average Bonchev–Trinajstić information content (AvgIpc) is 3.19. The molecule has 8 heteroatoms. The molecule has 7 nitrogen and oxygen atoms in total. The SMILES string of the molecule is C=CC(=O)Nc1cccc(-n2c(=O)n(-c3ccc(Oc4cccc(F)c4C)cc3)c3cnccc32)c1. The first-order valence-corrected chi connectivity index (χ1v) is 11.1. The molecule has 5 aromatic rings. The number of fused-ring (bicyclic) bond motifs is 1. The molecule has 0 saturated heterocycles. The van der Waals surface area contributed by atoms with E-state index in [9.17, 15) is 14.0 Å². The zero-order valence-electron chi connectivity index (χ0n) is 19.3. The monoisotopic (exact) mass is 480 g/mol. The minimum atomic E-state index is -0.345. The average molecular weight is 480 g/mol. The van der Waals surface area contributed by atoms with Gasteiger partial charge < -0.3 is 10.1 Å². The van der Waals surface area contributed by atoms with Crippen molar-refractivity contribution in [2.24, 2.45) is 0 Å². The van der Waals surface area contributed by atoms with Gasteiger partial charge in [0.1, 0.15) is 17.3 Å². The smallest absolute Gasteiger partial charge is 0.338 e. The summed E-state index contributed by atoms with van der Waals surface area (Å²) in [6.45, 7) is 5.11. The van der Waals surface area contributed by atoms with Gasteiger partial charge in [-0.05, 0) is 73.7 Å². The lowest BCUT2D eigenvalue weighted by Gasteiger charge is -2.10. The number of nitrogens with one attached hydrogen (secondary N) is 1. The second-order valence-electron chi connectivity index (χ2n) is 8.02. The van der Waals surface area contributed by atoms with E-state index < -0.39 is 0 Å². The van der Waals surface area contributed by atoms with E-state index >= 15 is 0 Å². The molecule has 1 N–H and O–H groups in total. The second-order valence-corrected chi connectivity index (χ2v) is 8.02. The lowest BCUT2D eigenvalue weighted by Crippen LogP contribution is -2.22. The number of carbonyl (C=O) groups is 1. The van der Waals surface area contributed by atoms with Crippen LogP contribution in [0.5, 0.6) is 11.5 Å². The Labute approximate surface area is 205 Å². The van der Waals surface area contributed by atoms with Crippen molar-refractivity contribution in [1.29, 1.82) is 0 Å². The van der Waals surface area contributed by atoms with Crippen LogP contribution in [0.25, 0.3) is 22.4 Å². The first kappa shape index (κ1) is 22.8. The normalized spacial score (nSPS) is 10.8. The van der Waals surface area contributed by atoms with Crippen molar-refractivity contribution in [2.75, 3.05) is 5.32 Å². The molecule has 2 aromatic heterocycles. The minimum Gasteiger partial charge on any atom is -0.457 e. The van der Waals surface area contributed by atoms with Crippen LogP contribution in [0.15, 0.2) is 103 Å². The zero-order chi connectivity index (χ0) is 25.2. The van der Waals surface area contributed by atoms with Gasteiger partial charge in [0.2, 0.25) is 5.91 Å². The maximum atomic E-state index is 13.9. The number of halogens is 1. The molecule has 36 heavy (non-hydrogen) atoms. The number of ether oxygens (including phenoxy) is 1. The van der Waals surface area contributed by atoms with Crippen LogP contribution in [0.3, 0.4) is 0 Å². The quantitative estimate of drug-likeness (QED) is 0.324. The highest BCUT2D eigenvalue weighted by molar-refractivity contribution is 5.99. The van der Waals surface area contributed by atoms with Gasteiger partial charge in [-0.2, -0.15) is 0 Å². The highest BCUT2D eigenvalue weighted by atomic mass is 19.1. The molecule has 178 valence electrons. The molecule has 0 bridgehead atoms. The summed E-state index contributed by atoms with van der Waals surface area (Å²) in [5.41, 5.74) is 3.09. The standard InChI is InChI=1S/C28H21FN4O3/c1-3-27(34)31-19-6-4-7-21(16-19)33-24-14-15-30-17-25(24)32(28(33)35)20-10-12-22(13-11-20)36-26-9-5-8-23(29)18(26)2/h3-17H,1H2,2H3,(H,31,34). The van der Waals surface area contributed by atoms with Crippen LogP contribution in [-0.4, -0.2) is 20.0 Å². The number of aromatic nitrogens is 3. The third-order valence-corrected chi connectivity index (χ3v) is 5.74. The van der Waals surface area contributed by atoms with E-state index in [1.807, 2.05) is 0 Å². The summed E-state index contributed by atoms with van der Waals surface area (Å²) in [4.78, 5) is 29.6. The topological polar surface area (TPSA) is 78.2 Å². The van der Waals surface area contributed by atoms with E-state index in [0.29, 0.717) is 45.2 Å². The summed E-state index contributed by atoms with van der Waals surface area (Å²) < 4.78 is 22.8. The molecule has 0 fully saturated rings. The number of carbonyl (C=O) groups excluding carboxylic acids is 1. The van der Waals surface area contributed by atoms with Crippen LogP contribution >= 0.6 is 0 Å². The Bertz CT molecular complexity index is 1670. The Kier molecular flexibility index (Phi) is 5.92. The van der Waals surface area contributed by atoms with E-state index in [1.165, 1.54) is 12.1 Å². The van der Waals surface area contributed by atoms with Crippen molar-refractivity contribution in [3.63, 3.8) is 0 Å². The molecule has 0 aliphatic rings. The molecular weight excluding hydrogens is 459 g/mol. The van der Waals surface area contributed by atoms with Gasteiger partial charge in [-0.3, -0.25) is 18.9 Å². The van der Waals surface area contributed by atoms with Gasteiger partial charge in [0.05, 0.1) is 28.6 Å². The Morgan fingerprint density at radius 3 is 2.53 bits per heavy atom. The third kappa shape index (κ3) is 4.16. The van der Waals surface area contributed by atoms with E-state index in [-0.39, 0.29) is 17.4 Å². The number of amides is 1. The Hall–Kier alpha value is -4.98. The first-order valence-electron chi connectivity index (χ1n) is 11.1. The van der Waals surface area contributed by atoms with Crippen LogP contribution in [0.2, 0.25) is 0 Å². The van der Waals surface area contributed by atoms with Crippen LogP contribution < -0.4 is 15.7 Å². The number of imidazole rings is 1. The predicted octanol–water partition coefficient (Wildman–Crippen LogP) is 5.54. The van der Waals surface area contributed by atoms with Crippen LogP contribution in [0.4, 0.5) is 10.1 Å². The van der Waals surface area contributed by atoms with Gasteiger partial charge in [0.15, 0.2) is 0 Å². The molecule has 5 rings (SSSR count). The van der Waals surface area contributed by atoms with E-state index in [2.05, 4.69) is 16.9 Å². The van der Waals surface area contributed by atoms with Gasteiger partial charge in [-0.15, -0.1) is 0 Å². The number of benzene rings is 3. The molecule has 3 aromatic carbocycles. The van der Waals surface area contributed by atoms with Crippen molar-refractivity contribution in [2.45, 2.75) is 6.92 Å². The molecule has 0 radical (unpaired) electrons. The lowest BCUT2D eigenvalue weighted by atomic mass is 10.2. The van der Waals surface area contributed by atoms with Crippen molar-refractivity contribution in [3.8, 4) is 22.9 Å². The molecule has 2 heterocycles. The highest BCUT2D eigenvalue weighted by Gasteiger charge is 2.17. The summed E-state index contributed by atoms with van der Waals surface area (Å²) >= 11 is 0. The maximum absolute atomic E-state index is 13.9. The molecule has 0 saturated carbocycles. The minimum absolute atomic E-state index is 0.306. The molecule has 0 spiro atoms. The number of hydrogen-bond acceptors (Lipinski definition) is 4. The van der Waals surface area contributed by atoms with E-state index in [4.69, 9.17) is 4.74 Å². The van der Waals surface area contributed by atoms with Gasteiger partial charge in [0, 0.05) is 17.4 Å². The summed E-state index contributed by atoms with van der Waals surface area (Å²) in [6, 6.07) is 20.4. The van der Waals surface area contributed by atoms with Crippen molar-refractivity contribution < 1.29 is 13.9 Å². The maximum Gasteiger partial charge on any atom is 0.338 e. The van der Waals surface area contributed by atoms with Crippen molar-refractivity contribution in [1.82, 2.24) is 14.1 Å². The second kappa shape index (κ2) is 9.34. The molecule has 0 aliphatic heterocycles. The molecule has 0 atom stereocenters. The van der Waals surface area contributed by atoms with E-state index in [0.717, 1.165) is 0 Å². The van der Waals surface area contributed by atoms with Gasteiger partial charge in [-0.25, -0.2) is 9.18 Å². The number of anilines is 1. The van der Waals surface area contributed by atoms with E-state index in [1.54, 1.807) is 95.2 Å². The number of rotatable bonds is 6. The van der Waals surface area contributed by atoms with Gasteiger partial charge in [-0.1, -0.05) is 18.7 Å².